The van der Waals surface area contributed by atoms with Gasteiger partial charge in [-0.1, -0.05) is 12.1 Å². The Labute approximate surface area is 119 Å². The van der Waals surface area contributed by atoms with Gasteiger partial charge in [0.2, 0.25) is 0 Å². The first kappa shape index (κ1) is 14.9. The smallest absolute Gasteiger partial charge is 0.487 e. The van der Waals surface area contributed by atoms with Crippen molar-refractivity contribution >= 4 is 19.0 Å². The minimum Gasteiger partial charge on any atom is -0.504 e. The molecule has 0 bridgehead atoms. The van der Waals surface area contributed by atoms with E-state index in [0.29, 0.717) is 5.56 Å². The molecule has 108 valence electrons. The molecule has 0 unspecified atom stereocenters. The van der Waals surface area contributed by atoms with Gasteiger partial charge in [0.25, 0.3) is 0 Å². The predicted molar refractivity (Wildman–Crippen MR) is 80.2 cm³/mol. The number of nitrogen functional groups attached to an aromatic ring is 1. The number of nitrogens with zero attached hydrogens (tertiary/aromatic N) is 1. The summed E-state index contributed by atoms with van der Waals surface area (Å²) in [6.45, 7) is 9.83. The van der Waals surface area contributed by atoms with Gasteiger partial charge in [-0.05, 0) is 40.2 Å². The summed E-state index contributed by atoms with van der Waals surface area (Å²) in [5.74, 6) is 1.87. The van der Waals surface area contributed by atoms with Crippen LogP contribution in [-0.4, -0.2) is 28.4 Å². The standard InChI is InChI=1S/C14H21BN2O3/c1-9-8-17-12(16)11(18)10(9)6-7-15-19-13(2,3)14(4,5)20-15/h6-8,18H,1-5H3,(H2,16,17)/b7-6+. The van der Waals surface area contributed by atoms with Crippen molar-refractivity contribution in [2.45, 2.75) is 45.8 Å². The Hall–Kier alpha value is -1.53. The molecule has 1 aliphatic heterocycles. The largest absolute Gasteiger partial charge is 0.504 e. The van der Waals surface area contributed by atoms with Crippen molar-refractivity contribution < 1.29 is 14.4 Å². The summed E-state index contributed by atoms with van der Waals surface area (Å²) in [6, 6.07) is 0. The van der Waals surface area contributed by atoms with Crippen molar-refractivity contribution in [1.29, 1.82) is 0 Å². The first-order valence-corrected chi connectivity index (χ1v) is 6.62. The normalized spacial score (nSPS) is 20.8. The van der Waals surface area contributed by atoms with Gasteiger partial charge in [0.15, 0.2) is 11.6 Å². The minimum atomic E-state index is -0.451. The molecule has 0 spiro atoms. The lowest BCUT2D eigenvalue weighted by Gasteiger charge is -2.32. The molecular formula is C14H21BN2O3. The molecule has 0 aromatic carbocycles. The quantitative estimate of drug-likeness (QED) is 0.810. The maximum absolute atomic E-state index is 9.94. The molecule has 2 heterocycles. The number of aromatic hydroxyl groups is 1. The lowest BCUT2D eigenvalue weighted by molar-refractivity contribution is 0.00578. The molecule has 0 amide bonds. The van der Waals surface area contributed by atoms with Crippen molar-refractivity contribution in [3.63, 3.8) is 0 Å². The van der Waals surface area contributed by atoms with Gasteiger partial charge in [0.05, 0.1) is 11.2 Å². The fourth-order valence-electron chi connectivity index (χ4n) is 1.97. The lowest BCUT2D eigenvalue weighted by Crippen LogP contribution is -2.41. The number of anilines is 1. The highest BCUT2D eigenvalue weighted by atomic mass is 16.7. The Morgan fingerprint density at radius 1 is 1.25 bits per heavy atom. The van der Waals surface area contributed by atoms with E-state index in [-0.39, 0.29) is 22.8 Å². The van der Waals surface area contributed by atoms with Crippen LogP contribution in [0.25, 0.3) is 6.08 Å². The lowest BCUT2D eigenvalue weighted by atomic mass is 9.88. The summed E-state index contributed by atoms with van der Waals surface area (Å²) in [7, 11) is -0.451. The summed E-state index contributed by atoms with van der Waals surface area (Å²) in [4.78, 5) is 3.90. The molecule has 0 radical (unpaired) electrons. The number of nitrogens with two attached hydrogens (primary N) is 1. The maximum Gasteiger partial charge on any atom is 0.487 e. The molecule has 5 nitrogen and oxygen atoms in total. The van der Waals surface area contributed by atoms with E-state index < -0.39 is 7.12 Å². The third kappa shape index (κ3) is 2.53. The van der Waals surface area contributed by atoms with Gasteiger partial charge in [0.1, 0.15) is 0 Å². The molecule has 1 aromatic heterocycles. The maximum atomic E-state index is 9.94. The van der Waals surface area contributed by atoms with Crippen molar-refractivity contribution in [3.05, 3.63) is 23.3 Å². The number of pyridine rings is 1. The number of aromatic nitrogens is 1. The second kappa shape index (κ2) is 4.79. The molecule has 2 rings (SSSR count). The topological polar surface area (TPSA) is 77.6 Å². The summed E-state index contributed by atoms with van der Waals surface area (Å²) in [6.07, 6.45) is 3.38. The van der Waals surface area contributed by atoms with Gasteiger partial charge >= 0.3 is 7.12 Å². The molecule has 3 N–H and O–H groups in total. The van der Waals surface area contributed by atoms with Crippen molar-refractivity contribution in [3.8, 4) is 5.75 Å². The molecule has 6 heteroatoms. The van der Waals surface area contributed by atoms with E-state index in [2.05, 4.69) is 4.98 Å². The van der Waals surface area contributed by atoms with Gasteiger partial charge < -0.3 is 20.1 Å². The average molecular weight is 276 g/mol. The highest BCUT2D eigenvalue weighted by molar-refractivity contribution is 6.52. The van der Waals surface area contributed by atoms with Crippen LogP contribution in [0.15, 0.2) is 12.2 Å². The fraction of sp³-hybridized carbons (Fsp3) is 0.500. The van der Waals surface area contributed by atoms with Crippen molar-refractivity contribution in [2.75, 3.05) is 5.73 Å². The van der Waals surface area contributed by atoms with Gasteiger partial charge in [-0.25, -0.2) is 4.98 Å². The van der Waals surface area contributed by atoms with Crippen LogP contribution in [-0.2, 0) is 9.31 Å². The van der Waals surface area contributed by atoms with Crippen LogP contribution in [0.5, 0.6) is 5.75 Å². The number of aryl methyl sites for hydroxylation is 1. The van der Waals surface area contributed by atoms with Crippen LogP contribution in [0, 0.1) is 6.92 Å². The average Bonchev–Trinajstić information content (AvgIpc) is 2.53. The highest BCUT2D eigenvalue weighted by Crippen LogP contribution is 2.37. The Balaban J connectivity index is 2.22. The van der Waals surface area contributed by atoms with E-state index in [9.17, 15) is 5.11 Å². The van der Waals surface area contributed by atoms with Gasteiger partial charge in [-0.3, -0.25) is 0 Å². The number of hydrogen-bond donors (Lipinski definition) is 2. The molecule has 1 saturated heterocycles. The SMILES string of the molecule is Cc1cnc(N)c(O)c1/C=C/B1OC(C)(C)C(C)(C)O1. The molecule has 1 aliphatic rings. The molecular weight excluding hydrogens is 255 g/mol. The monoisotopic (exact) mass is 276 g/mol. The van der Waals surface area contributed by atoms with Gasteiger partial charge in [-0.2, -0.15) is 0 Å². The second-order valence-corrected chi connectivity index (χ2v) is 6.07. The zero-order valence-electron chi connectivity index (χ0n) is 12.6. The summed E-state index contributed by atoms with van der Waals surface area (Å²) in [5, 5.41) is 9.94. The van der Waals surface area contributed by atoms with Crippen LogP contribution < -0.4 is 5.73 Å². The Morgan fingerprint density at radius 2 is 1.80 bits per heavy atom. The van der Waals surface area contributed by atoms with Gasteiger partial charge in [-0.15, -0.1) is 0 Å². The first-order chi connectivity index (χ1) is 9.14. The Morgan fingerprint density at radius 3 is 2.35 bits per heavy atom. The minimum absolute atomic E-state index is 0.0160. The van der Waals surface area contributed by atoms with Crippen molar-refractivity contribution in [2.24, 2.45) is 0 Å². The molecule has 0 atom stereocenters. The number of hydrogen-bond acceptors (Lipinski definition) is 5. The summed E-state index contributed by atoms with van der Waals surface area (Å²) >= 11 is 0. The van der Waals surface area contributed by atoms with Crippen LogP contribution in [0.2, 0.25) is 0 Å². The van der Waals surface area contributed by atoms with E-state index in [0.717, 1.165) is 5.56 Å². The molecule has 20 heavy (non-hydrogen) atoms. The van der Waals surface area contributed by atoms with Crippen LogP contribution >= 0.6 is 0 Å². The third-order valence-electron chi connectivity index (χ3n) is 4.01. The van der Waals surface area contributed by atoms with E-state index in [4.69, 9.17) is 15.0 Å². The predicted octanol–water partition coefficient (Wildman–Crippen LogP) is 2.32. The first-order valence-electron chi connectivity index (χ1n) is 6.62. The molecule has 0 saturated carbocycles. The molecule has 1 aromatic rings. The van der Waals surface area contributed by atoms with E-state index in [1.807, 2.05) is 34.6 Å². The zero-order chi connectivity index (χ0) is 15.1. The summed E-state index contributed by atoms with van der Waals surface area (Å²) < 4.78 is 11.7. The van der Waals surface area contributed by atoms with E-state index in [1.165, 1.54) is 0 Å². The Bertz CT molecular complexity index is 540. The third-order valence-corrected chi connectivity index (χ3v) is 4.01. The Kier molecular flexibility index (Phi) is 3.56. The van der Waals surface area contributed by atoms with E-state index >= 15 is 0 Å². The molecule has 0 aliphatic carbocycles. The van der Waals surface area contributed by atoms with E-state index in [1.54, 1.807) is 18.2 Å². The highest BCUT2D eigenvalue weighted by Gasteiger charge is 2.50. The zero-order valence-corrected chi connectivity index (χ0v) is 12.6. The van der Waals surface area contributed by atoms with Gasteiger partial charge in [0, 0.05) is 11.8 Å². The summed E-state index contributed by atoms with van der Waals surface area (Å²) in [5.41, 5.74) is 6.31. The number of rotatable bonds is 2. The molecule has 1 fully saturated rings. The van der Waals surface area contributed by atoms with Crippen molar-refractivity contribution in [1.82, 2.24) is 4.98 Å². The fourth-order valence-corrected chi connectivity index (χ4v) is 1.97. The second-order valence-electron chi connectivity index (χ2n) is 6.07. The van der Waals surface area contributed by atoms with Crippen LogP contribution in [0.4, 0.5) is 5.82 Å². The van der Waals surface area contributed by atoms with Crippen LogP contribution in [0.1, 0.15) is 38.8 Å². The van der Waals surface area contributed by atoms with Crippen LogP contribution in [0.3, 0.4) is 0 Å².